The molecule has 0 heterocycles. The van der Waals surface area contributed by atoms with E-state index in [1.807, 2.05) is 32.0 Å². The summed E-state index contributed by atoms with van der Waals surface area (Å²) in [5.41, 5.74) is 2.24. The van der Waals surface area contributed by atoms with Crippen LogP contribution in [0, 0.1) is 19.7 Å². The first-order valence-electron chi connectivity index (χ1n) is 7.85. The Morgan fingerprint density at radius 1 is 1.12 bits per heavy atom. The van der Waals surface area contributed by atoms with Gasteiger partial charge in [0, 0.05) is 0 Å². The maximum absolute atomic E-state index is 13.0. The largest absolute Gasteiger partial charge is 0.491 e. The normalized spacial score (nSPS) is 10.2. The molecule has 132 valence electrons. The zero-order valence-corrected chi connectivity index (χ0v) is 14.2. The molecule has 0 aliphatic heterocycles. The molecule has 2 aromatic carbocycles. The third kappa shape index (κ3) is 5.91. The van der Waals surface area contributed by atoms with Crippen LogP contribution in [0.25, 0.3) is 0 Å². The van der Waals surface area contributed by atoms with Gasteiger partial charge >= 0.3 is 5.97 Å². The van der Waals surface area contributed by atoms with E-state index in [0.717, 1.165) is 22.9 Å². The van der Waals surface area contributed by atoms with Crippen molar-refractivity contribution in [1.29, 1.82) is 0 Å². The van der Waals surface area contributed by atoms with Gasteiger partial charge in [0.15, 0.2) is 6.61 Å². The number of benzene rings is 2. The van der Waals surface area contributed by atoms with Gasteiger partial charge in [-0.15, -0.1) is 0 Å². The number of carbonyl (C=O) groups excluding carboxylic acids is 2. The Morgan fingerprint density at radius 2 is 1.92 bits per heavy atom. The van der Waals surface area contributed by atoms with Crippen LogP contribution in [0.15, 0.2) is 42.5 Å². The second-order valence-electron chi connectivity index (χ2n) is 5.55. The lowest BCUT2D eigenvalue weighted by Gasteiger charge is -2.10. The number of halogens is 1. The second-order valence-corrected chi connectivity index (χ2v) is 5.55. The van der Waals surface area contributed by atoms with Gasteiger partial charge in [-0.25, -0.2) is 9.18 Å². The average molecular weight is 345 g/mol. The van der Waals surface area contributed by atoms with Gasteiger partial charge in [0.05, 0.1) is 12.1 Å². The fourth-order valence-electron chi connectivity index (χ4n) is 2.19. The Balaban J connectivity index is 1.68. The number of aryl methyl sites for hydroxylation is 2. The summed E-state index contributed by atoms with van der Waals surface area (Å²) in [5.74, 6) is -0.977. The molecular formula is C19H20FNO4. The van der Waals surface area contributed by atoms with Crippen molar-refractivity contribution in [1.82, 2.24) is 5.32 Å². The van der Waals surface area contributed by atoms with E-state index >= 15 is 0 Å². The molecule has 0 fully saturated rings. The molecule has 0 bridgehead atoms. The summed E-state index contributed by atoms with van der Waals surface area (Å²) in [6, 6.07) is 10.9. The SMILES string of the molecule is Cc1ccc(OCCNC(=O)COC(=O)c2cccc(F)c2)c(C)c1. The molecule has 1 N–H and O–H groups in total. The van der Waals surface area contributed by atoms with Crippen molar-refractivity contribution in [2.24, 2.45) is 0 Å². The number of hydrogen-bond acceptors (Lipinski definition) is 4. The van der Waals surface area contributed by atoms with E-state index in [4.69, 9.17) is 9.47 Å². The summed E-state index contributed by atoms with van der Waals surface area (Å²) < 4.78 is 23.4. The zero-order valence-electron chi connectivity index (χ0n) is 14.2. The highest BCUT2D eigenvalue weighted by Crippen LogP contribution is 2.18. The monoisotopic (exact) mass is 345 g/mol. The first-order valence-corrected chi connectivity index (χ1v) is 7.85. The fraction of sp³-hybridized carbons (Fsp3) is 0.263. The minimum absolute atomic E-state index is 0.0611. The third-order valence-electron chi connectivity index (χ3n) is 3.41. The van der Waals surface area contributed by atoms with E-state index in [-0.39, 0.29) is 12.1 Å². The van der Waals surface area contributed by atoms with E-state index in [9.17, 15) is 14.0 Å². The van der Waals surface area contributed by atoms with E-state index < -0.39 is 24.3 Å². The molecule has 0 atom stereocenters. The predicted octanol–water partition coefficient (Wildman–Crippen LogP) is 2.79. The lowest BCUT2D eigenvalue weighted by Crippen LogP contribution is -2.32. The number of ether oxygens (including phenoxy) is 2. The van der Waals surface area contributed by atoms with E-state index in [2.05, 4.69) is 5.32 Å². The molecule has 2 rings (SSSR count). The highest BCUT2D eigenvalue weighted by Gasteiger charge is 2.10. The summed E-state index contributed by atoms with van der Waals surface area (Å²) in [6.45, 7) is 4.10. The molecular weight excluding hydrogens is 325 g/mol. The van der Waals surface area contributed by atoms with Crippen molar-refractivity contribution in [3.63, 3.8) is 0 Å². The first-order chi connectivity index (χ1) is 12.0. The van der Waals surface area contributed by atoms with Crippen LogP contribution in [0.4, 0.5) is 4.39 Å². The van der Waals surface area contributed by atoms with Gasteiger partial charge in [0.25, 0.3) is 5.91 Å². The van der Waals surface area contributed by atoms with Gasteiger partial charge < -0.3 is 14.8 Å². The average Bonchev–Trinajstić information content (AvgIpc) is 2.58. The number of rotatable bonds is 7. The molecule has 0 unspecified atom stereocenters. The lowest BCUT2D eigenvalue weighted by atomic mass is 10.1. The summed E-state index contributed by atoms with van der Waals surface area (Å²) in [4.78, 5) is 23.3. The van der Waals surface area contributed by atoms with Crippen LogP contribution in [0.5, 0.6) is 5.75 Å². The van der Waals surface area contributed by atoms with Crippen molar-refractivity contribution in [2.45, 2.75) is 13.8 Å². The molecule has 0 saturated carbocycles. The van der Waals surface area contributed by atoms with E-state index in [1.165, 1.54) is 18.2 Å². The number of carbonyl (C=O) groups is 2. The smallest absolute Gasteiger partial charge is 0.338 e. The van der Waals surface area contributed by atoms with Crippen LogP contribution in [-0.2, 0) is 9.53 Å². The maximum atomic E-state index is 13.0. The number of amides is 1. The standard InChI is InChI=1S/C19H20FNO4/c1-13-6-7-17(14(2)10-13)24-9-8-21-18(22)12-25-19(23)15-4-3-5-16(20)11-15/h3-7,10-11H,8-9,12H2,1-2H3,(H,21,22). The van der Waals surface area contributed by atoms with Crippen LogP contribution in [0.2, 0.25) is 0 Å². The highest BCUT2D eigenvalue weighted by atomic mass is 19.1. The number of nitrogens with one attached hydrogen (secondary N) is 1. The Hall–Kier alpha value is -2.89. The molecule has 0 radical (unpaired) electrons. The van der Waals surface area contributed by atoms with Gasteiger partial charge in [-0.3, -0.25) is 4.79 Å². The Bertz CT molecular complexity index is 761. The minimum Gasteiger partial charge on any atom is -0.491 e. The molecule has 0 spiro atoms. The van der Waals surface area contributed by atoms with Crippen LogP contribution < -0.4 is 10.1 Å². The first kappa shape index (κ1) is 18.4. The number of hydrogen-bond donors (Lipinski definition) is 1. The molecule has 0 aliphatic rings. The summed E-state index contributed by atoms with van der Waals surface area (Å²) in [6.07, 6.45) is 0. The second kappa shape index (κ2) is 8.82. The Kier molecular flexibility index (Phi) is 6.51. The Morgan fingerprint density at radius 3 is 2.64 bits per heavy atom. The lowest BCUT2D eigenvalue weighted by molar-refractivity contribution is -0.124. The molecule has 1 amide bonds. The number of esters is 1. The van der Waals surface area contributed by atoms with E-state index in [0.29, 0.717) is 6.61 Å². The molecule has 25 heavy (non-hydrogen) atoms. The molecule has 2 aromatic rings. The summed E-state index contributed by atoms with van der Waals surface area (Å²) in [7, 11) is 0. The van der Waals surface area contributed by atoms with Crippen molar-refractivity contribution in [3.05, 3.63) is 65.0 Å². The van der Waals surface area contributed by atoms with Crippen LogP contribution in [-0.4, -0.2) is 31.6 Å². The molecule has 0 aromatic heterocycles. The van der Waals surface area contributed by atoms with Gasteiger partial charge in [-0.2, -0.15) is 0 Å². The van der Waals surface area contributed by atoms with Crippen LogP contribution in [0.3, 0.4) is 0 Å². The van der Waals surface area contributed by atoms with Crippen molar-refractivity contribution < 1.29 is 23.5 Å². The molecule has 0 aliphatic carbocycles. The van der Waals surface area contributed by atoms with Crippen molar-refractivity contribution in [2.75, 3.05) is 19.8 Å². The van der Waals surface area contributed by atoms with E-state index in [1.54, 1.807) is 0 Å². The van der Waals surface area contributed by atoms with Gasteiger partial charge in [-0.1, -0.05) is 23.8 Å². The fourth-order valence-corrected chi connectivity index (χ4v) is 2.19. The molecule has 0 saturated heterocycles. The minimum atomic E-state index is -0.749. The Labute approximate surface area is 145 Å². The summed E-state index contributed by atoms with van der Waals surface area (Å²) in [5, 5.41) is 2.59. The van der Waals surface area contributed by atoms with Crippen LogP contribution >= 0.6 is 0 Å². The van der Waals surface area contributed by atoms with Crippen molar-refractivity contribution in [3.8, 4) is 5.75 Å². The predicted molar refractivity (Wildman–Crippen MR) is 91.1 cm³/mol. The van der Waals surface area contributed by atoms with Crippen molar-refractivity contribution >= 4 is 11.9 Å². The molecule has 6 heteroatoms. The summed E-state index contributed by atoms with van der Waals surface area (Å²) >= 11 is 0. The molecule has 5 nitrogen and oxygen atoms in total. The highest BCUT2D eigenvalue weighted by molar-refractivity contribution is 5.91. The third-order valence-corrected chi connectivity index (χ3v) is 3.41. The van der Waals surface area contributed by atoms with Gasteiger partial charge in [-0.05, 0) is 43.7 Å². The topological polar surface area (TPSA) is 64.6 Å². The quantitative estimate of drug-likeness (QED) is 0.619. The van der Waals surface area contributed by atoms with Crippen LogP contribution in [0.1, 0.15) is 21.5 Å². The maximum Gasteiger partial charge on any atom is 0.338 e. The van der Waals surface area contributed by atoms with Gasteiger partial charge in [0.2, 0.25) is 0 Å². The van der Waals surface area contributed by atoms with Gasteiger partial charge in [0.1, 0.15) is 18.2 Å². The zero-order chi connectivity index (χ0) is 18.2.